The van der Waals surface area contributed by atoms with Crippen molar-refractivity contribution in [2.45, 2.75) is 44.7 Å². The van der Waals surface area contributed by atoms with E-state index in [1.54, 1.807) is 0 Å². The highest BCUT2D eigenvalue weighted by Gasteiger charge is 2.39. The third-order valence-electron chi connectivity index (χ3n) is 4.41. The van der Waals surface area contributed by atoms with Gasteiger partial charge in [-0.1, -0.05) is 43.2 Å². The molecular weight excluding hydrogens is 236 g/mol. The van der Waals surface area contributed by atoms with Gasteiger partial charge in [-0.15, -0.1) is 0 Å². The van der Waals surface area contributed by atoms with E-state index in [0.717, 1.165) is 24.8 Å². The zero-order valence-electron chi connectivity index (χ0n) is 11.9. The topological polar surface area (TPSA) is 41.1 Å². The molecular formula is C16H24N2O. The zero-order chi connectivity index (χ0) is 13.7. The van der Waals surface area contributed by atoms with Gasteiger partial charge in [-0.2, -0.15) is 0 Å². The molecule has 104 valence electrons. The molecule has 0 bridgehead atoms. The second-order valence-electron chi connectivity index (χ2n) is 5.67. The maximum Gasteiger partial charge on any atom is 0.225 e. The third kappa shape index (κ3) is 3.35. The van der Waals surface area contributed by atoms with Crippen LogP contribution in [0.15, 0.2) is 30.3 Å². The first-order chi connectivity index (χ1) is 9.15. The van der Waals surface area contributed by atoms with Gasteiger partial charge in [-0.25, -0.2) is 0 Å². The number of benzene rings is 1. The summed E-state index contributed by atoms with van der Waals surface area (Å²) in [6.07, 6.45) is 4.42. The predicted octanol–water partition coefficient (Wildman–Crippen LogP) is 2.47. The van der Waals surface area contributed by atoms with Crippen molar-refractivity contribution in [3.63, 3.8) is 0 Å². The summed E-state index contributed by atoms with van der Waals surface area (Å²) in [5.74, 6) is 0.260. The zero-order valence-corrected chi connectivity index (χ0v) is 11.9. The quantitative estimate of drug-likeness (QED) is 0.873. The molecule has 1 fully saturated rings. The van der Waals surface area contributed by atoms with Crippen molar-refractivity contribution in [2.75, 3.05) is 7.05 Å². The summed E-state index contributed by atoms with van der Waals surface area (Å²) in [5.41, 5.74) is 1.09. The fraction of sp³-hybridized carbons (Fsp3) is 0.562. The molecule has 1 aliphatic rings. The molecule has 0 aromatic heterocycles. The molecule has 2 rings (SSSR count). The first-order valence-corrected chi connectivity index (χ1v) is 7.16. The summed E-state index contributed by atoms with van der Waals surface area (Å²) in [6, 6.07) is 10.1. The average molecular weight is 260 g/mol. The van der Waals surface area contributed by atoms with Crippen LogP contribution in [0.3, 0.4) is 0 Å². The van der Waals surface area contributed by atoms with Crippen molar-refractivity contribution in [3.8, 4) is 0 Å². The Morgan fingerprint density at radius 2 is 2.05 bits per heavy atom. The van der Waals surface area contributed by atoms with Gasteiger partial charge >= 0.3 is 0 Å². The molecule has 0 heterocycles. The Labute approximate surface area is 115 Å². The van der Waals surface area contributed by atoms with Crippen LogP contribution in [0.5, 0.6) is 0 Å². The molecule has 1 aromatic rings. The lowest BCUT2D eigenvalue weighted by Crippen LogP contribution is -2.54. The maximum atomic E-state index is 12.4. The lowest BCUT2D eigenvalue weighted by Gasteiger charge is -2.40. The molecule has 1 aromatic carbocycles. The van der Waals surface area contributed by atoms with E-state index in [4.69, 9.17) is 0 Å². The molecule has 0 radical (unpaired) electrons. The van der Waals surface area contributed by atoms with E-state index in [-0.39, 0.29) is 17.4 Å². The van der Waals surface area contributed by atoms with Crippen LogP contribution < -0.4 is 10.6 Å². The third-order valence-corrected chi connectivity index (χ3v) is 4.41. The Bertz CT molecular complexity index is 418. The van der Waals surface area contributed by atoms with Crippen molar-refractivity contribution in [3.05, 3.63) is 35.9 Å². The Morgan fingerprint density at radius 3 is 2.74 bits per heavy atom. The fourth-order valence-electron chi connectivity index (χ4n) is 2.96. The lowest BCUT2D eigenvalue weighted by molar-refractivity contribution is -0.128. The van der Waals surface area contributed by atoms with Crippen LogP contribution in [-0.2, 0) is 11.3 Å². The van der Waals surface area contributed by atoms with Crippen LogP contribution in [0.1, 0.15) is 38.2 Å². The second kappa shape index (κ2) is 6.20. The fourth-order valence-corrected chi connectivity index (χ4v) is 2.96. The van der Waals surface area contributed by atoms with Gasteiger partial charge < -0.3 is 10.6 Å². The average Bonchev–Trinajstić information content (AvgIpc) is 2.46. The summed E-state index contributed by atoms with van der Waals surface area (Å²) in [7, 11) is 1.96. The molecule has 19 heavy (non-hydrogen) atoms. The van der Waals surface area contributed by atoms with E-state index >= 15 is 0 Å². The summed E-state index contributed by atoms with van der Waals surface area (Å²) in [5, 5.41) is 6.43. The van der Waals surface area contributed by atoms with Gasteiger partial charge in [0.05, 0.1) is 5.92 Å². The van der Waals surface area contributed by atoms with Gasteiger partial charge in [0.2, 0.25) is 5.91 Å². The van der Waals surface area contributed by atoms with Crippen LogP contribution >= 0.6 is 0 Å². The highest BCUT2D eigenvalue weighted by atomic mass is 16.1. The van der Waals surface area contributed by atoms with Gasteiger partial charge in [0, 0.05) is 12.1 Å². The number of hydrogen-bond acceptors (Lipinski definition) is 2. The first-order valence-electron chi connectivity index (χ1n) is 7.16. The van der Waals surface area contributed by atoms with Crippen molar-refractivity contribution in [2.24, 2.45) is 5.92 Å². The van der Waals surface area contributed by atoms with Crippen LogP contribution in [0, 0.1) is 5.92 Å². The molecule has 0 aliphatic heterocycles. The minimum atomic E-state index is -0.0565. The molecule has 2 atom stereocenters. The molecule has 1 saturated carbocycles. The summed E-state index contributed by atoms with van der Waals surface area (Å²) in [4.78, 5) is 12.4. The van der Waals surface area contributed by atoms with Crippen molar-refractivity contribution in [1.29, 1.82) is 0 Å². The van der Waals surface area contributed by atoms with Crippen LogP contribution in [0.4, 0.5) is 0 Å². The summed E-state index contributed by atoms with van der Waals surface area (Å²) in [6.45, 7) is 2.79. The van der Waals surface area contributed by atoms with E-state index in [0.29, 0.717) is 6.54 Å². The van der Waals surface area contributed by atoms with Gasteiger partial charge in [-0.3, -0.25) is 4.79 Å². The van der Waals surface area contributed by atoms with E-state index in [1.165, 1.54) is 6.42 Å². The molecule has 1 amide bonds. The summed E-state index contributed by atoms with van der Waals surface area (Å²) >= 11 is 0. The lowest BCUT2D eigenvalue weighted by atomic mass is 9.73. The molecule has 3 heteroatoms. The Hall–Kier alpha value is -1.35. The van der Waals surface area contributed by atoms with Gasteiger partial charge in [0.25, 0.3) is 0 Å². The largest absolute Gasteiger partial charge is 0.352 e. The maximum absolute atomic E-state index is 12.4. The van der Waals surface area contributed by atoms with Crippen molar-refractivity contribution in [1.82, 2.24) is 10.6 Å². The molecule has 2 N–H and O–H groups in total. The standard InChI is InChI=1S/C16H24N2O/c1-16(17-2)11-7-6-10-14(16)15(19)18-12-13-8-4-3-5-9-13/h3-5,8-9,14,17H,6-7,10-12H2,1-2H3,(H,18,19). The van der Waals surface area contributed by atoms with Gasteiger partial charge in [0.1, 0.15) is 0 Å². The molecule has 0 spiro atoms. The number of nitrogens with one attached hydrogen (secondary N) is 2. The molecule has 1 aliphatic carbocycles. The van der Waals surface area contributed by atoms with E-state index < -0.39 is 0 Å². The van der Waals surface area contributed by atoms with Crippen LogP contribution in [0.25, 0.3) is 0 Å². The SMILES string of the molecule is CNC1(C)CCCCC1C(=O)NCc1ccccc1. The van der Waals surface area contributed by atoms with E-state index in [2.05, 4.69) is 17.6 Å². The Balaban J connectivity index is 1.95. The Kier molecular flexibility index (Phi) is 4.59. The highest BCUT2D eigenvalue weighted by Crippen LogP contribution is 2.33. The number of amides is 1. The summed E-state index contributed by atoms with van der Waals surface area (Å²) < 4.78 is 0. The van der Waals surface area contributed by atoms with Gasteiger partial charge in [-0.05, 0) is 32.4 Å². The highest BCUT2D eigenvalue weighted by molar-refractivity contribution is 5.80. The smallest absolute Gasteiger partial charge is 0.225 e. The van der Waals surface area contributed by atoms with E-state index in [1.807, 2.05) is 37.4 Å². The number of carbonyl (C=O) groups is 1. The number of hydrogen-bond donors (Lipinski definition) is 2. The predicted molar refractivity (Wildman–Crippen MR) is 77.7 cm³/mol. The minimum Gasteiger partial charge on any atom is -0.352 e. The van der Waals surface area contributed by atoms with Crippen LogP contribution in [0.2, 0.25) is 0 Å². The van der Waals surface area contributed by atoms with Crippen LogP contribution in [-0.4, -0.2) is 18.5 Å². The number of carbonyl (C=O) groups excluding carboxylic acids is 1. The monoisotopic (exact) mass is 260 g/mol. The first kappa shape index (κ1) is 14.1. The van der Waals surface area contributed by atoms with Crippen molar-refractivity contribution < 1.29 is 4.79 Å². The minimum absolute atomic E-state index is 0.0565. The van der Waals surface area contributed by atoms with Gasteiger partial charge in [0.15, 0.2) is 0 Å². The normalized spacial score (nSPS) is 26.9. The van der Waals surface area contributed by atoms with Crippen molar-refractivity contribution >= 4 is 5.91 Å². The molecule has 3 nitrogen and oxygen atoms in total. The number of rotatable bonds is 4. The second-order valence-corrected chi connectivity index (χ2v) is 5.67. The Morgan fingerprint density at radius 1 is 1.32 bits per heavy atom. The molecule has 2 unspecified atom stereocenters. The molecule has 0 saturated heterocycles. The van der Waals surface area contributed by atoms with E-state index in [9.17, 15) is 4.79 Å².